The molecule has 0 spiro atoms. The first kappa shape index (κ1) is 18.9. The van der Waals surface area contributed by atoms with Gasteiger partial charge in [-0.1, -0.05) is 30.3 Å². The fourth-order valence-corrected chi connectivity index (χ4v) is 3.84. The molecule has 1 amide bonds. The Morgan fingerprint density at radius 3 is 2.62 bits per heavy atom. The van der Waals surface area contributed by atoms with Crippen molar-refractivity contribution in [3.63, 3.8) is 0 Å². The van der Waals surface area contributed by atoms with Crippen LogP contribution >= 0.6 is 11.3 Å². The highest BCUT2D eigenvalue weighted by atomic mass is 32.1. The van der Waals surface area contributed by atoms with Crippen molar-refractivity contribution < 1.29 is 9.21 Å². The van der Waals surface area contributed by atoms with Gasteiger partial charge in [0.05, 0.1) is 5.52 Å². The molecule has 0 radical (unpaired) electrons. The van der Waals surface area contributed by atoms with Crippen molar-refractivity contribution in [3.8, 4) is 0 Å². The van der Waals surface area contributed by atoms with Crippen molar-refractivity contribution in [1.82, 2.24) is 14.5 Å². The molecule has 2 aromatic heterocycles. The zero-order valence-corrected chi connectivity index (χ0v) is 16.9. The van der Waals surface area contributed by atoms with E-state index in [9.17, 15) is 9.59 Å². The Morgan fingerprint density at radius 1 is 1.10 bits per heavy atom. The molecule has 0 aliphatic carbocycles. The summed E-state index contributed by atoms with van der Waals surface area (Å²) in [6.07, 6.45) is 0. The summed E-state index contributed by atoms with van der Waals surface area (Å²) in [7, 11) is 3.62. The molecule has 0 aliphatic heterocycles. The van der Waals surface area contributed by atoms with Crippen LogP contribution in [0, 0.1) is 0 Å². The van der Waals surface area contributed by atoms with Crippen LogP contribution in [0.25, 0.3) is 11.1 Å². The molecule has 0 N–H and O–H groups in total. The predicted molar refractivity (Wildman–Crippen MR) is 114 cm³/mol. The zero-order chi connectivity index (χ0) is 20.4. The SMILES string of the molecule is CN(CCn1c(=O)oc2ccccc21)C(=O)c1csc(N(C)c2ccccc2)n1. The molecule has 0 bridgehead atoms. The Kier molecular flexibility index (Phi) is 5.18. The summed E-state index contributed by atoms with van der Waals surface area (Å²) in [5, 5.41) is 2.50. The molecule has 2 aromatic carbocycles. The first-order valence-electron chi connectivity index (χ1n) is 9.13. The van der Waals surface area contributed by atoms with Gasteiger partial charge in [-0.3, -0.25) is 9.36 Å². The highest BCUT2D eigenvalue weighted by Gasteiger charge is 2.18. The molecule has 0 aliphatic rings. The first-order chi connectivity index (χ1) is 14.0. The average Bonchev–Trinajstić information content (AvgIpc) is 3.36. The van der Waals surface area contributed by atoms with Crippen LogP contribution in [0.3, 0.4) is 0 Å². The van der Waals surface area contributed by atoms with E-state index < -0.39 is 5.76 Å². The maximum Gasteiger partial charge on any atom is 0.420 e. The van der Waals surface area contributed by atoms with Crippen LogP contribution < -0.4 is 10.7 Å². The topological polar surface area (TPSA) is 71.6 Å². The molecule has 148 valence electrons. The van der Waals surface area contributed by atoms with Crippen LogP contribution in [0.4, 0.5) is 10.8 Å². The zero-order valence-electron chi connectivity index (χ0n) is 16.1. The first-order valence-corrected chi connectivity index (χ1v) is 10.0. The lowest BCUT2D eigenvalue weighted by Crippen LogP contribution is -2.32. The Bertz CT molecular complexity index is 1200. The van der Waals surface area contributed by atoms with E-state index in [4.69, 9.17) is 4.42 Å². The fraction of sp³-hybridized carbons (Fsp3) is 0.190. The van der Waals surface area contributed by atoms with Gasteiger partial charge in [-0.25, -0.2) is 9.78 Å². The van der Waals surface area contributed by atoms with Crippen LogP contribution in [-0.2, 0) is 6.54 Å². The van der Waals surface area contributed by atoms with Crippen molar-refractivity contribution in [2.24, 2.45) is 0 Å². The number of oxazole rings is 1. The summed E-state index contributed by atoms with van der Waals surface area (Å²) in [5.41, 5.74) is 2.65. The van der Waals surface area contributed by atoms with E-state index in [1.54, 1.807) is 23.4 Å². The molecule has 7 nitrogen and oxygen atoms in total. The van der Waals surface area contributed by atoms with Crippen molar-refractivity contribution in [3.05, 3.63) is 76.2 Å². The molecule has 4 aromatic rings. The maximum absolute atomic E-state index is 12.8. The lowest BCUT2D eigenvalue weighted by Gasteiger charge is -2.17. The minimum absolute atomic E-state index is 0.185. The molecular formula is C21H20N4O3S. The third kappa shape index (κ3) is 3.79. The van der Waals surface area contributed by atoms with E-state index in [2.05, 4.69) is 4.98 Å². The van der Waals surface area contributed by atoms with Gasteiger partial charge in [0.1, 0.15) is 5.69 Å². The van der Waals surface area contributed by atoms with Gasteiger partial charge in [0, 0.05) is 38.3 Å². The normalized spacial score (nSPS) is 11.0. The molecule has 4 rings (SSSR count). The minimum atomic E-state index is -0.424. The Hall–Kier alpha value is -3.39. The molecule has 0 atom stereocenters. The van der Waals surface area contributed by atoms with E-state index in [0.29, 0.717) is 24.4 Å². The number of likely N-dealkylation sites (N-methyl/N-ethyl adjacent to an activating group) is 1. The van der Waals surface area contributed by atoms with E-state index >= 15 is 0 Å². The number of thiazole rings is 1. The monoisotopic (exact) mass is 408 g/mol. The molecule has 2 heterocycles. The number of rotatable bonds is 6. The van der Waals surface area contributed by atoms with Gasteiger partial charge in [0.15, 0.2) is 10.7 Å². The Balaban J connectivity index is 1.45. The maximum atomic E-state index is 12.8. The smallest absolute Gasteiger partial charge is 0.408 e. The van der Waals surface area contributed by atoms with Crippen LogP contribution in [0.1, 0.15) is 10.5 Å². The third-order valence-electron chi connectivity index (χ3n) is 4.72. The van der Waals surface area contributed by atoms with E-state index in [1.807, 2.05) is 60.5 Å². The molecule has 29 heavy (non-hydrogen) atoms. The second kappa shape index (κ2) is 7.92. The van der Waals surface area contributed by atoms with Crippen molar-refractivity contribution in [2.45, 2.75) is 6.54 Å². The standard InChI is InChI=1S/C21H20N4O3S/c1-23(12-13-25-17-10-6-7-11-18(17)28-21(25)27)19(26)16-14-29-20(22-16)24(2)15-8-4-3-5-9-15/h3-11,14H,12-13H2,1-2H3. The Labute approximate surface area is 171 Å². The number of aromatic nitrogens is 2. The third-order valence-corrected chi connectivity index (χ3v) is 5.64. The largest absolute Gasteiger partial charge is 0.420 e. The highest BCUT2D eigenvalue weighted by Crippen LogP contribution is 2.27. The van der Waals surface area contributed by atoms with Crippen LogP contribution in [0.15, 0.2) is 69.2 Å². The van der Waals surface area contributed by atoms with Crippen molar-refractivity contribution in [1.29, 1.82) is 0 Å². The van der Waals surface area contributed by atoms with E-state index in [1.165, 1.54) is 15.9 Å². The number of para-hydroxylation sites is 3. The number of carbonyl (C=O) groups excluding carboxylic acids is 1. The minimum Gasteiger partial charge on any atom is -0.408 e. The summed E-state index contributed by atoms with van der Waals surface area (Å²) in [6, 6.07) is 17.1. The fourth-order valence-electron chi connectivity index (χ4n) is 3.05. The van der Waals surface area contributed by atoms with Gasteiger partial charge in [-0.2, -0.15) is 0 Å². The number of benzene rings is 2. The quantitative estimate of drug-likeness (QED) is 0.488. The van der Waals surface area contributed by atoms with Crippen LogP contribution in [0.2, 0.25) is 0 Å². The second-order valence-corrected chi connectivity index (χ2v) is 7.46. The van der Waals surface area contributed by atoms with Gasteiger partial charge < -0.3 is 14.2 Å². The average molecular weight is 408 g/mol. The molecule has 0 saturated heterocycles. The number of fused-ring (bicyclic) bond motifs is 1. The number of amides is 1. The lowest BCUT2D eigenvalue weighted by molar-refractivity contribution is 0.0785. The molecule has 8 heteroatoms. The molecule has 0 saturated carbocycles. The molecular weight excluding hydrogens is 388 g/mol. The van der Waals surface area contributed by atoms with Gasteiger partial charge in [-0.15, -0.1) is 11.3 Å². The lowest BCUT2D eigenvalue weighted by atomic mass is 10.3. The number of nitrogens with zero attached hydrogens (tertiary/aromatic N) is 4. The van der Waals surface area contributed by atoms with Gasteiger partial charge >= 0.3 is 5.76 Å². The summed E-state index contributed by atoms with van der Waals surface area (Å²) < 4.78 is 6.77. The highest BCUT2D eigenvalue weighted by molar-refractivity contribution is 7.14. The molecule has 0 unspecified atom stereocenters. The summed E-state index contributed by atoms with van der Waals surface area (Å²) in [6.45, 7) is 0.711. The second-order valence-electron chi connectivity index (χ2n) is 6.62. The van der Waals surface area contributed by atoms with Gasteiger partial charge in [0.25, 0.3) is 5.91 Å². The molecule has 0 fully saturated rings. The van der Waals surface area contributed by atoms with Crippen LogP contribution in [0.5, 0.6) is 0 Å². The summed E-state index contributed by atoms with van der Waals surface area (Å²) in [5.74, 6) is -0.609. The summed E-state index contributed by atoms with van der Waals surface area (Å²) >= 11 is 1.42. The van der Waals surface area contributed by atoms with E-state index in [0.717, 1.165) is 16.3 Å². The predicted octanol–water partition coefficient (Wildman–Crippen LogP) is 3.59. The number of anilines is 2. The summed E-state index contributed by atoms with van der Waals surface area (Å²) in [4.78, 5) is 32.8. The van der Waals surface area contributed by atoms with Gasteiger partial charge in [0.2, 0.25) is 0 Å². The van der Waals surface area contributed by atoms with Crippen molar-refractivity contribution in [2.75, 3.05) is 25.5 Å². The van der Waals surface area contributed by atoms with Crippen molar-refractivity contribution >= 4 is 39.2 Å². The van der Waals surface area contributed by atoms with Crippen LogP contribution in [-0.4, -0.2) is 41.0 Å². The number of hydrogen-bond acceptors (Lipinski definition) is 6. The Morgan fingerprint density at radius 2 is 1.83 bits per heavy atom. The van der Waals surface area contributed by atoms with Gasteiger partial charge in [-0.05, 0) is 24.3 Å². The number of carbonyl (C=O) groups is 1. The number of hydrogen-bond donors (Lipinski definition) is 0. The van der Waals surface area contributed by atoms with E-state index in [-0.39, 0.29) is 5.91 Å².